The maximum atomic E-state index is 13.6. The Hall–Kier alpha value is -4.72. The van der Waals surface area contributed by atoms with Crippen LogP contribution >= 0.6 is 0 Å². The molecule has 1 N–H and O–H groups in total. The number of amides is 2. The molecule has 8 nitrogen and oxygen atoms in total. The molecular weight excluding hydrogens is 518 g/mol. The third kappa shape index (κ3) is 5.37. The van der Waals surface area contributed by atoms with Crippen molar-refractivity contribution in [2.45, 2.75) is 38.8 Å². The summed E-state index contributed by atoms with van der Waals surface area (Å²) < 4.78 is 6.74. The van der Waals surface area contributed by atoms with Crippen molar-refractivity contribution >= 4 is 40.2 Å². The number of rotatable bonds is 8. The number of Topliss-reactive ketones (excluding diaryl/α,β-unsaturated/α-hetero) is 1. The van der Waals surface area contributed by atoms with Gasteiger partial charge in [0.2, 0.25) is 5.91 Å². The summed E-state index contributed by atoms with van der Waals surface area (Å²) >= 11 is 0. The van der Waals surface area contributed by atoms with E-state index < -0.39 is 17.7 Å². The van der Waals surface area contributed by atoms with Crippen LogP contribution in [0.25, 0.3) is 10.9 Å². The fourth-order valence-electron chi connectivity index (χ4n) is 5.75. The topological polar surface area (TPSA) is 97.7 Å². The smallest absolute Gasteiger partial charge is 0.325 e. The molecule has 1 aliphatic carbocycles. The Morgan fingerprint density at radius 3 is 2.49 bits per heavy atom. The van der Waals surface area contributed by atoms with Gasteiger partial charge >= 0.3 is 5.97 Å². The Labute approximate surface area is 237 Å². The summed E-state index contributed by atoms with van der Waals surface area (Å²) in [5.41, 5.74) is 4.68. The molecule has 0 spiro atoms. The standard InChI is InChI=1S/C33H31N3O5/c1-2-41-30(37)20-36-19-28(31(38)33(40)35-15-14-21-8-6-7-11-23(21)18-35)26-16-24(12-13-29(26)36)34-32(39)27-17-25(27)22-9-4-3-5-10-22/h3-13,16,19,25,27H,2,14-15,17-18,20H2,1H3,(H,34,39)/t25-,27+/m0/s1. The second kappa shape index (κ2) is 11.0. The molecule has 8 heteroatoms. The van der Waals surface area contributed by atoms with Crippen LogP contribution in [0.1, 0.15) is 46.3 Å². The number of ketones is 1. The SMILES string of the molecule is CCOC(=O)Cn1cc(C(=O)C(=O)N2CCc3ccccc3C2)c2cc(NC(=O)[C@@H]3C[C@H]3c3ccccc3)ccc21. The van der Waals surface area contributed by atoms with Crippen molar-refractivity contribution in [1.29, 1.82) is 0 Å². The summed E-state index contributed by atoms with van der Waals surface area (Å²) in [5, 5.41) is 3.49. The molecule has 2 heterocycles. The molecule has 2 atom stereocenters. The molecule has 1 fully saturated rings. The van der Waals surface area contributed by atoms with Gasteiger partial charge in [0, 0.05) is 41.8 Å². The van der Waals surface area contributed by atoms with Gasteiger partial charge in [-0.25, -0.2) is 0 Å². The molecule has 2 amide bonds. The highest BCUT2D eigenvalue weighted by Crippen LogP contribution is 2.48. The van der Waals surface area contributed by atoms with Crippen molar-refractivity contribution in [3.8, 4) is 0 Å². The third-order valence-corrected chi connectivity index (χ3v) is 7.97. The van der Waals surface area contributed by atoms with Crippen molar-refractivity contribution in [3.63, 3.8) is 0 Å². The summed E-state index contributed by atoms with van der Waals surface area (Å²) in [7, 11) is 0. The Morgan fingerprint density at radius 2 is 1.71 bits per heavy atom. The molecule has 41 heavy (non-hydrogen) atoms. The van der Waals surface area contributed by atoms with Crippen molar-refractivity contribution in [2.75, 3.05) is 18.5 Å². The predicted octanol–water partition coefficient (Wildman–Crippen LogP) is 4.71. The number of nitrogens with zero attached hydrogens (tertiary/aromatic N) is 2. The van der Waals surface area contributed by atoms with Gasteiger partial charge in [0.1, 0.15) is 6.54 Å². The molecule has 0 bridgehead atoms. The number of anilines is 1. The molecule has 1 aromatic heterocycles. The maximum Gasteiger partial charge on any atom is 0.325 e. The summed E-state index contributed by atoms with van der Waals surface area (Å²) in [6.07, 6.45) is 3.00. The zero-order valence-corrected chi connectivity index (χ0v) is 22.8. The predicted molar refractivity (Wildman–Crippen MR) is 154 cm³/mol. The highest BCUT2D eigenvalue weighted by molar-refractivity contribution is 6.45. The fraction of sp³-hybridized carbons (Fsp3) is 0.273. The first kappa shape index (κ1) is 26.5. The lowest BCUT2D eigenvalue weighted by atomic mass is 9.99. The summed E-state index contributed by atoms with van der Waals surface area (Å²) in [4.78, 5) is 54.0. The Morgan fingerprint density at radius 1 is 0.951 bits per heavy atom. The van der Waals surface area contributed by atoms with Crippen molar-refractivity contribution in [1.82, 2.24) is 9.47 Å². The average molecular weight is 550 g/mol. The van der Waals surface area contributed by atoms with Gasteiger partial charge in [0.15, 0.2) is 0 Å². The largest absolute Gasteiger partial charge is 0.465 e. The van der Waals surface area contributed by atoms with E-state index >= 15 is 0 Å². The second-order valence-corrected chi connectivity index (χ2v) is 10.6. The van der Waals surface area contributed by atoms with E-state index in [2.05, 4.69) is 5.32 Å². The molecule has 208 valence electrons. The van der Waals surface area contributed by atoms with E-state index in [0.29, 0.717) is 36.1 Å². The Balaban J connectivity index is 1.26. The number of hydrogen-bond acceptors (Lipinski definition) is 5. The molecule has 0 saturated heterocycles. The first-order chi connectivity index (χ1) is 19.9. The molecule has 0 unspecified atom stereocenters. The van der Waals surface area contributed by atoms with E-state index in [1.54, 1.807) is 34.6 Å². The lowest BCUT2D eigenvalue weighted by Crippen LogP contribution is -2.40. The zero-order valence-electron chi connectivity index (χ0n) is 22.8. The van der Waals surface area contributed by atoms with Crippen LogP contribution in [-0.2, 0) is 38.6 Å². The summed E-state index contributed by atoms with van der Waals surface area (Å²) in [5.74, 6) is -1.69. The minimum Gasteiger partial charge on any atom is -0.465 e. The fourth-order valence-corrected chi connectivity index (χ4v) is 5.75. The van der Waals surface area contributed by atoms with Gasteiger partial charge in [0.25, 0.3) is 11.7 Å². The van der Waals surface area contributed by atoms with E-state index in [-0.39, 0.29) is 36.5 Å². The molecule has 0 radical (unpaired) electrons. The number of hydrogen-bond donors (Lipinski definition) is 1. The Bertz CT molecular complexity index is 1660. The maximum absolute atomic E-state index is 13.6. The number of ether oxygens (including phenoxy) is 1. The zero-order chi connectivity index (χ0) is 28.5. The number of carbonyl (C=O) groups is 4. The van der Waals surface area contributed by atoms with E-state index in [9.17, 15) is 19.2 Å². The van der Waals surface area contributed by atoms with Gasteiger partial charge in [0.05, 0.1) is 12.2 Å². The number of carbonyl (C=O) groups excluding carboxylic acids is 4. The minimum atomic E-state index is -0.646. The summed E-state index contributed by atoms with van der Waals surface area (Å²) in [6.45, 7) is 2.69. The lowest BCUT2D eigenvalue weighted by Gasteiger charge is -2.28. The third-order valence-electron chi connectivity index (χ3n) is 7.97. The quantitative estimate of drug-likeness (QED) is 0.195. The van der Waals surface area contributed by atoms with Gasteiger partial charge in [-0.2, -0.15) is 0 Å². The van der Waals surface area contributed by atoms with Crippen LogP contribution in [0.4, 0.5) is 5.69 Å². The van der Waals surface area contributed by atoms with Crippen LogP contribution in [0.3, 0.4) is 0 Å². The molecule has 1 saturated carbocycles. The summed E-state index contributed by atoms with van der Waals surface area (Å²) in [6, 6.07) is 23.1. The van der Waals surface area contributed by atoms with Crippen LogP contribution in [0.2, 0.25) is 0 Å². The van der Waals surface area contributed by atoms with Crippen LogP contribution in [0.5, 0.6) is 0 Å². The van der Waals surface area contributed by atoms with Gasteiger partial charge in [-0.15, -0.1) is 0 Å². The lowest BCUT2D eigenvalue weighted by molar-refractivity contribution is -0.143. The number of aromatic nitrogens is 1. The van der Waals surface area contributed by atoms with Crippen LogP contribution in [-0.4, -0.2) is 46.2 Å². The number of benzene rings is 3. The van der Waals surface area contributed by atoms with Crippen molar-refractivity contribution in [2.24, 2.45) is 5.92 Å². The minimum absolute atomic E-state index is 0.0832. The van der Waals surface area contributed by atoms with Crippen molar-refractivity contribution in [3.05, 3.63) is 101 Å². The molecule has 2 aliphatic rings. The normalized spacial score (nSPS) is 17.5. The highest BCUT2D eigenvalue weighted by atomic mass is 16.5. The van der Waals surface area contributed by atoms with Crippen LogP contribution in [0, 0.1) is 5.92 Å². The van der Waals surface area contributed by atoms with Gasteiger partial charge in [-0.3, -0.25) is 19.2 Å². The van der Waals surface area contributed by atoms with Crippen LogP contribution in [0.15, 0.2) is 79.0 Å². The number of nitrogens with one attached hydrogen (secondary N) is 1. The van der Waals surface area contributed by atoms with E-state index in [1.165, 1.54) is 11.8 Å². The van der Waals surface area contributed by atoms with Gasteiger partial charge in [-0.05, 0) is 60.6 Å². The first-order valence-electron chi connectivity index (χ1n) is 14.0. The molecule has 1 aliphatic heterocycles. The van der Waals surface area contributed by atoms with Crippen LogP contribution < -0.4 is 5.32 Å². The molecule has 3 aromatic carbocycles. The van der Waals surface area contributed by atoms with Gasteiger partial charge < -0.3 is 19.5 Å². The van der Waals surface area contributed by atoms with Gasteiger partial charge in [-0.1, -0.05) is 54.6 Å². The highest BCUT2D eigenvalue weighted by Gasteiger charge is 2.43. The molecule has 4 aromatic rings. The van der Waals surface area contributed by atoms with Crippen molar-refractivity contribution < 1.29 is 23.9 Å². The number of esters is 1. The van der Waals surface area contributed by atoms with E-state index in [1.807, 2.05) is 54.6 Å². The van der Waals surface area contributed by atoms with E-state index in [0.717, 1.165) is 17.5 Å². The first-order valence-corrected chi connectivity index (χ1v) is 14.0. The monoisotopic (exact) mass is 549 g/mol. The molecular formula is C33H31N3O5. The Kier molecular flexibility index (Phi) is 7.14. The molecule has 6 rings (SSSR count). The second-order valence-electron chi connectivity index (χ2n) is 10.6. The average Bonchev–Trinajstić information content (AvgIpc) is 3.73. The number of fused-ring (bicyclic) bond motifs is 2. The van der Waals surface area contributed by atoms with E-state index in [4.69, 9.17) is 4.74 Å².